The van der Waals surface area contributed by atoms with Gasteiger partial charge in [0.05, 0.1) is 12.2 Å². The number of carbonyl (C=O) groups excluding carboxylic acids is 1. The van der Waals surface area contributed by atoms with Crippen molar-refractivity contribution in [1.82, 2.24) is 15.1 Å². The maximum Gasteiger partial charge on any atom is 0.287 e. The highest BCUT2D eigenvalue weighted by atomic mass is 35.5. The molecule has 7 heteroatoms. The van der Waals surface area contributed by atoms with Crippen molar-refractivity contribution >= 4 is 28.5 Å². The van der Waals surface area contributed by atoms with Crippen molar-refractivity contribution in [1.29, 1.82) is 0 Å². The van der Waals surface area contributed by atoms with E-state index in [-0.39, 0.29) is 30.3 Å². The second-order valence-corrected chi connectivity index (χ2v) is 6.63. The van der Waals surface area contributed by atoms with Crippen LogP contribution in [0, 0.1) is 0 Å². The SMILES string of the molecule is O=C(NCCn1nc(-c2ccc(Cl)cc2)ccc1=O)c1cc2ccccc2o1. The molecule has 2 aromatic carbocycles. The van der Waals surface area contributed by atoms with E-state index in [1.807, 2.05) is 30.3 Å². The summed E-state index contributed by atoms with van der Waals surface area (Å²) in [6.45, 7) is 0.485. The van der Waals surface area contributed by atoms with E-state index in [0.717, 1.165) is 10.9 Å². The summed E-state index contributed by atoms with van der Waals surface area (Å²) in [7, 11) is 0. The zero-order valence-electron chi connectivity index (χ0n) is 14.8. The summed E-state index contributed by atoms with van der Waals surface area (Å²) >= 11 is 5.91. The minimum atomic E-state index is -0.335. The van der Waals surface area contributed by atoms with E-state index >= 15 is 0 Å². The Morgan fingerprint density at radius 2 is 1.86 bits per heavy atom. The molecule has 140 valence electrons. The molecule has 0 radical (unpaired) electrons. The molecular formula is C21H16ClN3O3. The van der Waals surface area contributed by atoms with Gasteiger partial charge in [0.2, 0.25) is 0 Å². The molecule has 0 atom stereocenters. The molecule has 0 spiro atoms. The topological polar surface area (TPSA) is 77.1 Å². The molecule has 0 aliphatic heterocycles. The highest BCUT2D eigenvalue weighted by Crippen LogP contribution is 2.19. The van der Waals surface area contributed by atoms with Crippen LogP contribution in [-0.4, -0.2) is 22.2 Å². The van der Waals surface area contributed by atoms with Crippen molar-refractivity contribution in [2.24, 2.45) is 0 Å². The van der Waals surface area contributed by atoms with Crippen molar-refractivity contribution in [3.05, 3.63) is 87.9 Å². The standard InChI is InChI=1S/C21H16ClN3O3/c22-16-7-5-14(6-8-16)17-9-10-20(26)25(24-17)12-11-23-21(27)19-13-15-3-1-2-4-18(15)28-19/h1-10,13H,11-12H2,(H,23,27). The highest BCUT2D eigenvalue weighted by Gasteiger charge is 2.12. The Labute approximate surface area is 165 Å². The van der Waals surface area contributed by atoms with Gasteiger partial charge >= 0.3 is 0 Å². The summed E-state index contributed by atoms with van der Waals surface area (Å²) in [6.07, 6.45) is 0. The van der Waals surface area contributed by atoms with Gasteiger partial charge < -0.3 is 9.73 Å². The van der Waals surface area contributed by atoms with Crippen molar-refractivity contribution in [2.75, 3.05) is 6.54 Å². The number of hydrogen-bond donors (Lipinski definition) is 1. The van der Waals surface area contributed by atoms with Crippen LogP contribution in [0.15, 0.2) is 75.9 Å². The first-order valence-corrected chi connectivity index (χ1v) is 9.09. The van der Waals surface area contributed by atoms with Gasteiger partial charge in [0.25, 0.3) is 11.5 Å². The molecule has 0 saturated carbocycles. The van der Waals surface area contributed by atoms with Crippen molar-refractivity contribution in [2.45, 2.75) is 6.54 Å². The minimum Gasteiger partial charge on any atom is -0.451 e. The summed E-state index contributed by atoms with van der Waals surface area (Å²) in [6, 6.07) is 19.4. The number of rotatable bonds is 5. The van der Waals surface area contributed by atoms with Crippen LogP contribution in [0.25, 0.3) is 22.2 Å². The molecular weight excluding hydrogens is 378 g/mol. The molecule has 6 nitrogen and oxygen atoms in total. The molecule has 0 saturated heterocycles. The Hall–Kier alpha value is -3.38. The molecule has 1 N–H and O–H groups in total. The number of aromatic nitrogens is 2. The second-order valence-electron chi connectivity index (χ2n) is 6.19. The van der Waals surface area contributed by atoms with Gasteiger partial charge in [-0.2, -0.15) is 5.10 Å². The third-order valence-electron chi connectivity index (χ3n) is 4.27. The number of carbonyl (C=O) groups is 1. The Balaban J connectivity index is 1.44. The summed E-state index contributed by atoms with van der Waals surface area (Å²) < 4.78 is 6.86. The van der Waals surface area contributed by atoms with Crippen molar-refractivity contribution in [3.8, 4) is 11.3 Å². The molecule has 4 rings (SSSR count). The first kappa shape index (κ1) is 18.0. The minimum absolute atomic E-state index is 0.233. The van der Waals surface area contributed by atoms with Gasteiger partial charge in [0.1, 0.15) is 5.58 Å². The van der Waals surface area contributed by atoms with E-state index in [4.69, 9.17) is 16.0 Å². The molecule has 0 bridgehead atoms. The summed E-state index contributed by atoms with van der Waals surface area (Å²) in [5.74, 6) is -0.102. The molecule has 1 amide bonds. The maximum absolute atomic E-state index is 12.3. The number of nitrogens with one attached hydrogen (secondary N) is 1. The fraction of sp³-hybridized carbons (Fsp3) is 0.0952. The average Bonchev–Trinajstić information content (AvgIpc) is 3.14. The van der Waals surface area contributed by atoms with Crippen LogP contribution in [-0.2, 0) is 6.54 Å². The summed E-state index contributed by atoms with van der Waals surface area (Å²) in [4.78, 5) is 24.4. The molecule has 0 aliphatic carbocycles. The van der Waals surface area contributed by atoms with Crippen LogP contribution in [0.5, 0.6) is 0 Å². The number of halogens is 1. The highest BCUT2D eigenvalue weighted by molar-refractivity contribution is 6.30. The molecule has 0 aliphatic rings. The van der Waals surface area contributed by atoms with E-state index in [9.17, 15) is 9.59 Å². The van der Waals surface area contributed by atoms with Crippen LogP contribution in [0.3, 0.4) is 0 Å². The number of fused-ring (bicyclic) bond motifs is 1. The molecule has 28 heavy (non-hydrogen) atoms. The van der Waals surface area contributed by atoms with Gasteiger partial charge in [-0.25, -0.2) is 4.68 Å². The second kappa shape index (κ2) is 7.70. The first-order valence-electron chi connectivity index (χ1n) is 8.71. The van der Waals surface area contributed by atoms with E-state index in [0.29, 0.717) is 16.3 Å². The summed E-state index contributed by atoms with van der Waals surface area (Å²) in [5.41, 5.74) is 1.92. The van der Waals surface area contributed by atoms with Crippen molar-refractivity contribution in [3.63, 3.8) is 0 Å². The number of benzene rings is 2. The molecule has 0 unspecified atom stereocenters. The molecule has 2 heterocycles. The van der Waals surface area contributed by atoms with E-state index in [1.165, 1.54) is 10.7 Å². The molecule has 0 fully saturated rings. The first-order chi connectivity index (χ1) is 13.6. The van der Waals surface area contributed by atoms with E-state index < -0.39 is 0 Å². The third kappa shape index (κ3) is 3.82. The van der Waals surface area contributed by atoms with Crippen LogP contribution < -0.4 is 10.9 Å². The van der Waals surface area contributed by atoms with Crippen LogP contribution in [0.4, 0.5) is 0 Å². The number of nitrogens with zero attached hydrogens (tertiary/aromatic N) is 2. The van der Waals surface area contributed by atoms with E-state index in [1.54, 1.807) is 30.3 Å². The van der Waals surface area contributed by atoms with Gasteiger partial charge in [-0.15, -0.1) is 0 Å². The lowest BCUT2D eigenvalue weighted by Gasteiger charge is -2.08. The van der Waals surface area contributed by atoms with Gasteiger partial charge in [-0.1, -0.05) is 41.9 Å². The summed E-state index contributed by atoms with van der Waals surface area (Å²) in [5, 5.41) is 8.61. The number of hydrogen-bond acceptors (Lipinski definition) is 4. The quantitative estimate of drug-likeness (QED) is 0.560. The monoisotopic (exact) mass is 393 g/mol. The maximum atomic E-state index is 12.3. The van der Waals surface area contributed by atoms with E-state index in [2.05, 4.69) is 10.4 Å². The zero-order valence-corrected chi connectivity index (χ0v) is 15.5. The third-order valence-corrected chi connectivity index (χ3v) is 4.52. The van der Waals surface area contributed by atoms with Crippen LogP contribution in [0.2, 0.25) is 5.02 Å². The Bertz CT molecular complexity index is 1160. The predicted octanol–water partition coefficient (Wildman–Crippen LogP) is 3.74. The van der Waals surface area contributed by atoms with Crippen molar-refractivity contribution < 1.29 is 9.21 Å². The van der Waals surface area contributed by atoms with Gasteiger partial charge in [0.15, 0.2) is 5.76 Å². The van der Waals surface area contributed by atoms with Gasteiger partial charge in [-0.05, 0) is 30.3 Å². The average molecular weight is 394 g/mol. The lowest BCUT2D eigenvalue weighted by atomic mass is 10.1. The number of para-hydroxylation sites is 1. The fourth-order valence-corrected chi connectivity index (χ4v) is 2.97. The molecule has 2 aromatic heterocycles. The zero-order chi connectivity index (χ0) is 19.5. The fourth-order valence-electron chi connectivity index (χ4n) is 2.84. The lowest BCUT2D eigenvalue weighted by Crippen LogP contribution is -2.31. The normalized spacial score (nSPS) is 10.9. The number of furan rings is 1. The Morgan fingerprint density at radius 3 is 2.64 bits per heavy atom. The Morgan fingerprint density at radius 1 is 1.07 bits per heavy atom. The van der Waals surface area contributed by atoms with Crippen LogP contribution >= 0.6 is 11.6 Å². The molecule has 4 aromatic rings. The predicted molar refractivity (Wildman–Crippen MR) is 107 cm³/mol. The van der Waals surface area contributed by atoms with Gasteiger partial charge in [-0.3, -0.25) is 9.59 Å². The smallest absolute Gasteiger partial charge is 0.287 e. The largest absolute Gasteiger partial charge is 0.451 e. The van der Waals surface area contributed by atoms with Gasteiger partial charge in [0, 0.05) is 28.6 Å². The number of amides is 1. The van der Waals surface area contributed by atoms with Crippen LogP contribution in [0.1, 0.15) is 10.6 Å². The Kier molecular flexibility index (Phi) is 4.95. The lowest BCUT2D eigenvalue weighted by molar-refractivity contribution is 0.0926.